The van der Waals surface area contributed by atoms with Gasteiger partial charge < -0.3 is 9.13 Å². The first-order chi connectivity index (χ1) is 23.8. The molecule has 0 atom stereocenters. The Hall–Kier alpha value is -6.38. The van der Waals surface area contributed by atoms with Gasteiger partial charge in [-0.3, -0.25) is 0 Å². The second kappa shape index (κ2) is 10.6. The Labute approximate surface area is 278 Å². The van der Waals surface area contributed by atoms with Gasteiger partial charge in [-0.15, -0.1) is 0 Å². The molecule has 0 bridgehead atoms. The summed E-state index contributed by atoms with van der Waals surface area (Å²) in [5.74, 6) is 0. The lowest BCUT2D eigenvalue weighted by atomic mass is 9.86. The fourth-order valence-corrected chi connectivity index (χ4v) is 7.88. The van der Waals surface area contributed by atoms with Crippen molar-refractivity contribution in [3.05, 3.63) is 182 Å². The summed E-state index contributed by atoms with van der Waals surface area (Å²) in [5, 5.41) is 8.82. The molecule has 2 heterocycles. The Morgan fingerprint density at radius 2 is 0.833 bits per heavy atom. The Balaban J connectivity index is 1.20. The van der Waals surface area contributed by atoms with Crippen LogP contribution in [0, 0.1) is 0 Å². The fraction of sp³-hybridized carbons (Fsp3) is 0. The third-order valence-corrected chi connectivity index (χ3v) is 9.93. The molecule has 2 nitrogen and oxygen atoms in total. The maximum absolute atomic E-state index is 2.42. The number of hydrogen-bond acceptors (Lipinski definition) is 0. The third kappa shape index (κ3) is 3.93. The predicted octanol–water partition coefficient (Wildman–Crippen LogP) is 12.4. The molecule has 0 saturated heterocycles. The van der Waals surface area contributed by atoms with Crippen molar-refractivity contribution in [2.45, 2.75) is 0 Å². The summed E-state index contributed by atoms with van der Waals surface area (Å²) in [6.45, 7) is 0. The molecule has 2 heteroatoms. The van der Waals surface area contributed by atoms with Crippen molar-refractivity contribution in [3.8, 4) is 33.6 Å². The summed E-state index contributed by atoms with van der Waals surface area (Å²) in [5.41, 5.74) is 11.0. The minimum atomic E-state index is 1.14. The van der Waals surface area contributed by atoms with E-state index in [1.807, 2.05) is 0 Å². The van der Waals surface area contributed by atoms with Crippen LogP contribution in [0.3, 0.4) is 0 Å². The molecular formula is C46H30N2. The lowest BCUT2D eigenvalue weighted by Gasteiger charge is -2.18. The maximum Gasteiger partial charge on any atom is 0.0788 e. The van der Waals surface area contributed by atoms with Crippen molar-refractivity contribution < 1.29 is 0 Å². The molecule has 8 aromatic carbocycles. The van der Waals surface area contributed by atoms with Crippen molar-refractivity contribution in [2.75, 3.05) is 0 Å². The maximum atomic E-state index is 2.42. The number of aromatic nitrogens is 2. The van der Waals surface area contributed by atoms with Gasteiger partial charge in [0.15, 0.2) is 0 Å². The van der Waals surface area contributed by atoms with E-state index < -0.39 is 0 Å². The van der Waals surface area contributed by atoms with E-state index in [0.29, 0.717) is 0 Å². The number of para-hydroxylation sites is 2. The average Bonchev–Trinajstić information content (AvgIpc) is 3.74. The summed E-state index contributed by atoms with van der Waals surface area (Å²) in [6.07, 6.45) is 2.21. The summed E-state index contributed by atoms with van der Waals surface area (Å²) < 4.78 is 4.78. The van der Waals surface area contributed by atoms with Crippen molar-refractivity contribution in [1.82, 2.24) is 9.13 Å². The Kier molecular flexibility index (Phi) is 5.91. The van der Waals surface area contributed by atoms with Crippen LogP contribution in [0.4, 0.5) is 0 Å². The molecule has 0 N–H and O–H groups in total. The van der Waals surface area contributed by atoms with Crippen molar-refractivity contribution >= 4 is 54.3 Å². The monoisotopic (exact) mass is 610 g/mol. The molecule has 0 radical (unpaired) electrons. The number of nitrogens with zero attached hydrogens (tertiary/aromatic N) is 2. The van der Waals surface area contributed by atoms with Crippen molar-refractivity contribution in [3.63, 3.8) is 0 Å². The van der Waals surface area contributed by atoms with Gasteiger partial charge >= 0.3 is 0 Å². The molecule has 0 aliphatic heterocycles. The van der Waals surface area contributed by atoms with Gasteiger partial charge in [0.25, 0.3) is 0 Å². The van der Waals surface area contributed by atoms with Gasteiger partial charge in [0, 0.05) is 33.7 Å². The zero-order valence-electron chi connectivity index (χ0n) is 26.2. The quantitative estimate of drug-likeness (QED) is 0.175. The first kappa shape index (κ1) is 26.8. The van der Waals surface area contributed by atoms with E-state index >= 15 is 0 Å². The van der Waals surface area contributed by atoms with Gasteiger partial charge in [-0.1, -0.05) is 140 Å². The van der Waals surface area contributed by atoms with Crippen molar-refractivity contribution in [2.24, 2.45) is 0 Å². The molecule has 0 unspecified atom stereocenters. The number of benzene rings is 8. The van der Waals surface area contributed by atoms with Gasteiger partial charge in [0.2, 0.25) is 0 Å². The minimum absolute atomic E-state index is 1.14. The molecule has 10 rings (SSSR count). The first-order valence-corrected chi connectivity index (χ1v) is 16.5. The Morgan fingerprint density at radius 1 is 0.312 bits per heavy atom. The van der Waals surface area contributed by atoms with Gasteiger partial charge in [-0.25, -0.2) is 0 Å². The van der Waals surface area contributed by atoms with Crippen molar-refractivity contribution in [1.29, 1.82) is 0 Å². The molecule has 0 spiro atoms. The normalized spacial score (nSPS) is 11.8. The smallest absolute Gasteiger partial charge is 0.0788 e. The average molecular weight is 611 g/mol. The first-order valence-electron chi connectivity index (χ1n) is 16.5. The van der Waals surface area contributed by atoms with Gasteiger partial charge in [-0.05, 0) is 80.2 Å². The number of rotatable bonds is 4. The van der Waals surface area contributed by atoms with Crippen LogP contribution in [0.2, 0.25) is 0 Å². The highest BCUT2D eigenvalue weighted by Gasteiger charge is 2.19. The lowest BCUT2D eigenvalue weighted by molar-refractivity contribution is 1.12. The van der Waals surface area contributed by atoms with E-state index in [2.05, 4.69) is 191 Å². The molecule has 0 amide bonds. The number of hydrogen-bond donors (Lipinski definition) is 0. The van der Waals surface area contributed by atoms with Crippen LogP contribution in [0.1, 0.15) is 0 Å². The third-order valence-electron chi connectivity index (χ3n) is 9.93. The molecule has 0 fully saturated rings. The van der Waals surface area contributed by atoms with E-state index in [-0.39, 0.29) is 0 Å². The zero-order chi connectivity index (χ0) is 31.6. The van der Waals surface area contributed by atoms with Gasteiger partial charge in [0.05, 0.1) is 16.6 Å². The summed E-state index contributed by atoms with van der Waals surface area (Å²) in [4.78, 5) is 0. The summed E-state index contributed by atoms with van der Waals surface area (Å²) in [7, 11) is 0. The molecule has 2 aromatic heterocycles. The second-order valence-corrected chi connectivity index (χ2v) is 12.5. The highest BCUT2D eigenvalue weighted by atomic mass is 15.0. The molecule has 0 saturated carbocycles. The number of fused-ring (bicyclic) bond motifs is 7. The molecule has 48 heavy (non-hydrogen) atoms. The highest BCUT2D eigenvalue weighted by molar-refractivity contribution is 6.21. The summed E-state index contributed by atoms with van der Waals surface area (Å²) in [6, 6.07) is 63.9. The fourth-order valence-electron chi connectivity index (χ4n) is 7.88. The van der Waals surface area contributed by atoms with Crippen LogP contribution in [-0.2, 0) is 0 Å². The molecule has 10 aromatic rings. The minimum Gasteiger partial charge on any atom is -0.315 e. The van der Waals surface area contributed by atoms with Crippen LogP contribution in [0.15, 0.2) is 182 Å². The van der Waals surface area contributed by atoms with Crippen LogP contribution in [0.25, 0.3) is 87.9 Å². The Morgan fingerprint density at radius 3 is 1.46 bits per heavy atom. The molecule has 0 aliphatic carbocycles. The topological polar surface area (TPSA) is 9.86 Å². The van der Waals surface area contributed by atoms with Gasteiger partial charge in [-0.2, -0.15) is 0 Å². The SMILES string of the molecule is c1ccc(-c2c3ccccc3c(-c3ccc(-n4ccc5ccc6c7ccccc7n(-c7ccccc7)c6c54)cc3)c3ccccc23)cc1. The second-order valence-electron chi connectivity index (χ2n) is 12.5. The standard InChI is InChI=1S/C46H30N2/c1-3-13-31(14-4-1)43-37-18-7-9-20-39(37)44(40-21-10-8-19-38(40)43)32-23-26-34(27-24-32)47-30-29-33-25-28-41-36-17-11-12-22-42(36)48(46(41)45(33)47)35-15-5-2-6-16-35/h1-30H. The van der Waals surface area contributed by atoms with Crippen LogP contribution in [0.5, 0.6) is 0 Å². The van der Waals surface area contributed by atoms with E-state index in [9.17, 15) is 0 Å². The predicted molar refractivity (Wildman–Crippen MR) is 203 cm³/mol. The molecule has 0 aliphatic rings. The highest BCUT2D eigenvalue weighted by Crippen LogP contribution is 2.44. The van der Waals surface area contributed by atoms with Crippen LogP contribution >= 0.6 is 0 Å². The zero-order valence-corrected chi connectivity index (χ0v) is 26.2. The summed E-state index contributed by atoms with van der Waals surface area (Å²) >= 11 is 0. The van der Waals surface area contributed by atoms with E-state index in [1.165, 1.54) is 76.5 Å². The van der Waals surface area contributed by atoms with Crippen LogP contribution < -0.4 is 0 Å². The van der Waals surface area contributed by atoms with Gasteiger partial charge in [0.1, 0.15) is 0 Å². The largest absolute Gasteiger partial charge is 0.315 e. The van der Waals surface area contributed by atoms with E-state index in [0.717, 1.165) is 11.4 Å². The Bertz CT molecular complexity index is 2750. The molecule has 224 valence electrons. The van der Waals surface area contributed by atoms with E-state index in [1.54, 1.807) is 0 Å². The van der Waals surface area contributed by atoms with E-state index in [4.69, 9.17) is 0 Å². The van der Waals surface area contributed by atoms with Crippen LogP contribution in [-0.4, -0.2) is 9.13 Å². The lowest BCUT2D eigenvalue weighted by Crippen LogP contribution is -1.98. The molecular weight excluding hydrogens is 581 g/mol.